The number of Topliss-reactive ketones (excluding diaryl/α,β-unsaturated/α-hetero) is 3. The van der Waals surface area contributed by atoms with E-state index in [2.05, 4.69) is 0 Å². The first-order chi connectivity index (χ1) is 14.1. The van der Waals surface area contributed by atoms with Crippen molar-refractivity contribution in [1.29, 1.82) is 0 Å². The van der Waals surface area contributed by atoms with Crippen LogP contribution in [0, 0.1) is 5.92 Å². The van der Waals surface area contributed by atoms with E-state index in [4.69, 9.17) is 9.47 Å². The van der Waals surface area contributed by atoms with Gasteiger partial charge in [0.2, 0.25) is 5.78 Å². The van der Waals surface area contributed by atoms with Gasteiger partial charge in [0.05, 0.1) is 24.5 Å². The molecule has 7 atom stereocenters. The van der Waals surface area contributed by atoms with Crippen molar-refractivity contribution in [2.75, 3.05) is 6.61 Å². The molecule has 3 unspecified atom stereocenters. The highest BCUT2D eigenvalue weighted by Crippen LogP contribution is 2.49. The Labute approximate surface area is 169 Å². The summed E-state index contributed by atoms with van der Waals surface area (Å²) in [4.78, 5) is 36.4. The average molecular weight is 424 g/mol. The molecule has 0 radical (unpaired) electrons. The van der Waals surface area contributed by atoms with Crippen LogP contribution in [0.15, 0.2) is 6.07 Å². The fraction of sp³-hybridized carbons (Fsp3) is 0.526. The van der Waals surface area contributed by atoms with Crippen LogP contribution in [0.3, 0.4) is 0 Å². The number of benzene rings is 1. The van der Waals surface area contributed by atoms with Gasteiger partial charge in [-0.25, -0.2) is 0 Å². The van der Waals surface area contributed by atoms with Crippen molar-refractivity contribution in [2.24, 2.45) is 5.92 Å². The number of aromatic hydroxyl groups is 2. The summed E-state index contributed by atoms with van der Waals surface area (Å²) in [5.41, 5.74) is -0.803. The van der Waals surface area contributed by atoms with Gasteiger partial charge in [0.1, 0.15) is 59.4 Å². The van der Waals surface area contributed by atoms with Crippen LogP contribution in [-0.4, -0.2) is 85.1 Å². The number of hydrogen-bond acceptors (Lipinski definition) is 11. The lowest BCUT2D eigenvalue weighted by Gasteiger charge is -2.41. The Kier molecular flexibility index (Phi) is 5.03. The summed E-state index contributed by atoms with van der Waals surface area (Å²) >= 11 is 0. The van der Waals surface area contributed by atoms with Gasteiger partial charge in [-0.15, -0.1) is 0 Å². The molecule has 0 spiro atoms. The second-order valence-electron chi connectivity index (χ2n) is 7.66. The molecule has 11 nitrogen and oxygen atoms in total. The zero-order valence-electron chi connectivity index (χ0n) is 15.5. The predicted octanol–water partition coefficient (Wildman–Crippen LogP) is -1.90. The quantitative estimate of drug-likeness (QED) is 0.291. The van der Waals surface area contributed by atoms with Gasteiger partial charge in [0.15, 0.2) is 11.6 Å². The number of ether oxygens (including phenoxy) is 2. The molecule has 162 valence electrons. The van der Waals surface area contributed by atoms with E-state index in [1.165, 1.54) is 0 Å². The first-order valence-corrected chi connectivity index (χ1v) is 9.31. The van der Waals surface area contributed by atoms with Gasteiger partial charge in [-0.05, 0) is 0 Å². The lowest BCUT2D eigenvalue weighted by atomic mass is 9.77. The minimum Gasteiger partial charge on any atom is -0.507 e. The van der Waals surface area contributed by atoms with Crippen LogP contribution in [0.4, 0.5) is 0 Å². The SMILES string of the molecule is O=C1CC2Oc3cc(O)c(C4O[C@H](CO)[C@@H](O)[C@H](O)[C@H]4O)c(O)c3C(=O)C2CC1=O. The molecule has 1 saturated carbocycles. The summed E-state index contributed by atoms with van der Waals surface area (Å²) in [6.07, 6.45) is -9.71. The molecule has 1 saturated heterocycles. The highest BCUT2D eigenvalue weighted by Gasteiger charge is 2.49. The monoisotopic (exact) mass is 424 g/mol. The predicted molar refractivity (Wildman–Crippen MR) is 94.0 cm³/mol. The Bertz CT molecular complexity index is 924. The largest absolute Gasteiger partial charge is 0.507 e. The van der Waals surface area contributed by atoms with Gasteiger partial charge in [-0.2, -0.15) is 0 Å². The highest BCUT2D eigenvalue weighted by molar-refractivity contribution is 6.38. The fourth-order valence-electron chi connectivity index (χ4n) is 4.22. The summed E-state index contributed by atoms with van der Waals surface area (Å²) in [5.74, 6) is -4.69. The number of aliphatic hydroxyl groups excluding tert-OH is 4. The summed E-state index contributed by atoms with van der Waals surface area (Å²) in [6, 6.07) is 1.00. The Morgan fingerprint density at radius 2 is 1.63 bits per heavy atom. The molecule has 0 amide bonds. The third-order valence-electron chi connectivity index (χ3n) is 5.87. The van der Waals surface area contributed by atoms with Crippen molar-refractivity contribution in [3.8, 4) is 17.2 Å². The van der Waals surface area contributed by atoms with Gasteiger partial charge in [0.25, 0.3) is 0 Å². The van der Waals surface area contributed by atoms with Crippen molar-refractivity contribution in [3.05, 3.63) is 17.2 Å². The van der Waals surface area contributed by atoms with Crippen molar-refractivity contribution in [3.63, 3.8) is 0 Å². The van der Waals surface area contributed by atoms with Crippen molar-refractivity contribution >= 4 is 17.3 Å². The number of carbonyl (C=O) groups is 3. The summed E-state index contributed by atoms with van der Waals surface area (Å²) in [7, 11) is 0. The maximum absolute atomic E-state index is 13.0. The van der Waals surface area contributed by atoms with Crippen LogP contribution >= 0.6 is 0 Å². The minimum atomic E-state index is -1.81. The molecule has 3 aliphatic rings. The second kappa shape index (κ2) is 7.29. The van der Waals surface area contributed by atoms with Gasteiger partial charge in [-0.3, -0.25) is 14.4 Å². The standard InChI is InChI=1S/C19H20O11/c20-4-11-15(25)17(27)18(28)19(30-11)12-8(23)3-10-13(16(12)26)14(24)5-1-6(21)7(22)2-9(5)29-10/h3,5,9,11,15,17-20,23,25-28H,1-2,4H2/t5?,9?,11-,15-,17+,18-,19?/m1/s1. The number of aliphatic hydroxyl groups is 4. The molecule has 30 heavy (non-hydrogen) atoms. The van der Waals surface area contributed by atoms with Gasteiger partial charge in [-0.1, -0.05) is 0 Å². The van der Waals surface area contributed by atoms with E-state index in [9.17, 15) is 45.0 Å². The minimum absolute atomic E-state index is 0.202. The number of phenols is 2. The first-order valence-electron chi connectivity index (χ1n) is 9.31. The van der Waals surface area contributed by atoms with Crippen LogP contribution in [0.2, 0.25) is 0 Å². The Morgan fingerprint density at radius 3 is 2.30 bits per heavy atom. The van der Waals surface area contributed by atoms with Crippen LogP contribution < -0.4 is 4.74 Å². The van der Waals surface area contributed by atoms with E-state index in [1.54, 1.807) is 0 Å². The summed E-state index contributed by atoms with van der Waals surface area (Å²) in [5, 5.41) is 60.8. The molecule has 2 fully saturated rings. The van der Waals surface area contributed by atoms with Crippen LogP contribution in [-0.2, 0) is 14.3 Å². The zero-order chi connectivity index (χ0) is 21.9. The Balaban J connectivity index is 1.77. The fourth-order valence-corrected chi connectivity index (χ4v) is 4.22. The van der Waals surface area contributed by atoms with Gasteiger partial charge < -0.3 is 40.1 Å². The molecule has 1 aromatic carbocycles. The molecule has 1 aliphatic carbocycles. The van der Waals surface area contributed by atoms with E-state index >= 15 is 0 Å². The molecule has 2 heterocycles. The molecule has 1 aromatic rings. The molecule has 2 aliphatic heterocycles. The Morgan fingerprint density at radius 1 is 0.967 bits per heavy atom. The van der Waals surface area contributed by atoms with Crippen LogP contribution in [0.25, 0.3) is 0 Å². The number of fused-ring (bicyclic) bond motifs is 2. The van der Waals surface area contributed by atoms with E-state index in [0.29, 0.717) is 0 Å². The molecule has 6 N–H and O–H groups in total. The topological polar surface area (TPSA) is 191 Å². The molecule has 11 heteroatoms. The number of hydrogen-bond donors (Lipinski definition) is 6. The van der Waals surface area contributed by atoms with Crippen LogP contribution in [0.5, 0.6) is 17.2 Å². The molecular weight excluding hydrogens is 404 g/mol. The average Bonchev–Trinajstić information content (AvgIpc) is 2.69. The number of carbonyl (C=O) groups excluding carboxylic acids is 3. The molecule has 4 rings (SSSR count). The van der Waals surface area contributed by atoms with E-state index < -0.39 is 83.6 Å². The summed E-state index contributed by atoms with van der Waals surface area (Å²) in [6.45, 7) is -0.726. The number of ketones is 3. The second-order valence-corrected chi connectivity index (χ2v) is 7.66. The third kappa shape index (κ3) is 2.97. The van der Waals surface area contributed by atoms with Gasteiger partial charge in [0, 0.05) is 12.5 Å². The molecule has 0 bridgehead atoms. The Hall–Kier alpha value is -2.57. The van der Waals surface area contributed by atoms with Crippen molar-refractivity contribution < 1.29 is 54.5 Å². The molecular formula is C19H20O11. The van der Waals surface area contributed by atoms with Gasteiger partial charge >= 0.3 is 0 Å². The number of rotatable bonds is 2. The first kappa shape index (κ1) is 20.7. The lowest BCUT2D eigenvalue weighted by Crippen LogP contribution is -2.55. The smallest absolute Gasteiger partial charge is 0.202 e. The van der Waals surface area contributed by atoms with Crippen molar-refractivity contribution in [1.82, 2.24) is 0 Å². The van der Waals surface area contributed by atoms with E-state index in [-0.39, 0.29) is 24.2 Å². The highest BCUT2D eigenvalue weighted by atomic mass is 16.5. The summed E-state index contributed by atoms with van der Waals surface area (Å²) < 4.78 is 11.0. The normalized spacial score (nSPS) is 36.1. The van der Waals surface area contributed by atoms with E-state index in [1.807, 2.05) is 0 Å². The zero-order valence-corrected chi connectivity index (χ0v) is 15.5. The maximum atomic E-state index is 13.0. The maximum Gasteiger partial charge on any atom is 0.202 e. The van der Waals surface area contributed by atoms with Crippen molar-refractivity contribution in [2.45, 2.75) is 49.5 Å². The van der Waals surface area contributed by atoms with E-state index in [0.717, 1.165) is 6.07 Å². The number of phenolic OH excluding ortho intramolecular Hbond substituents is 2. The van der Waals surface area contributed by atoms with Crippen LogP contribution in [0.1, 0.15) is 34.9 Å². The third-order valence-corrected chi connectivity index (χ3v) is 5.87. The lowest BCUT2D eigenvalue weighted by molar-refractivity contribution is -0.232. The molecule has 0 aromatic heterocycles.